The minimum Gasteiger partial charge on any atom is -0.487 e. The van der Waals surface area contributed by atoms with Crippen LogP contribution in [-0.4, -0.2) is 11.6 Å². The molecule has 52 heavy (non-hydrogen) atoms. The van der Waals surface area contributed by atoms with Crippen LogP contribution in [0.5, 0.6) is 11.5 Å². The van der Waals surface area contributed by atoms with Gasteiger partial charge in [-0.1, -0.05) is 128 Å². The molecule has 1 aliphatic carbocycles. The third-order valence-corrected chi connectivity index (χ3v) is 12.2. The van der Waals surface area contributed by atoms with Crippen molar-refractivity contribution in [3.63, 3.8) is 0 Å². The molecular weight excluding hydrogens is 637 g/mol. The van der Waals surface area contributed by atoms with Gasteiger partial charge in [0.1, 0.15) is 17.1 Å². The molecule has 0 amide bonds. The van der Waals surface area contributed by atoms with E-state index in [0.29, 0.717) is 5.75 Å². The van der Waals surface area contributed by atoms with E-state index in [2.05, 4.69) is 101 Å². The van der Waals surface area contributed by atoms with Crippen molar-refractivity contribution in [2.45, 2.75) is 186 Å². The molecule has 290 valence electrons. The van der Waals surface area contributed by atoms with Gasteiger partial charge in [-0.05, 0) is 144 Å². The van der Waals surface area contributed by atoms with E-state index in [4.69, 9.17) is 9.47 Å². The number of rotatable bonds is 18. The molecule has 3 heteroatoms. The zero-order chi connectivity index (χ0) is 38.6. The lowest BCUT2D eigenvalue weighted by Crippen LogP contribution is -2.37. The molecule has 0 N–H and O–H groups in total. The van der Waals surface area contributed by atoms with Crippen LogP contribution in [-0.2, 0) is 11.2 Å². The summed E-state index contributed by atoms with van der Waals surface area (Å²) in [6.07, 6.45) is 29.5. The first kappa shape index (κ1) is 43.6. The summed E-state index contributed by atoms with van der Waals surface area (Å²) in [4.78, 5) is 13.1. The van der Waals surface area contributed by atoms with Crippen molar-refractivity contribution in [2.75, 3.05) is 0 Å². The number of carbonyl (C=O) groups is 1. The van der Waals surface area contributed by atoms with Gasteiger partial charge in [0.15, 0.2) is 0 Å². The first-order chi connectivity index (χ1) is 24.4. The lowest BCUT2D eigenvalue weighted by molar-refractivity contribution is -0.129. The molecule has 3 nitrogen and oxygen atoms in total. The molecule has 0 radical (unpaired) electrons. The summed E-state index contributed by atoms with van der Waals surface area (Å²) in [5.74, 6) is 3.80. The van der Waals surface area contributed by atoms with Gasteiger partial charge in [0.2, 0.25) is 0 Å². The summed E-state index contributed by atoms with van der Waals surface area (Å²) in [7, 11) is 0. The van der Waals surface area contributed by atoms with Crippen molar-refractivity contribution < 1.29 is 14.3 Å². The maximum Gasteiger partial charge on any atom is 0.336 e. The zero-order valence-electron chi connectivity index (χ0n) is 35.8. The quantitative estimate of drug-likeness (QED) is 0.0658. The Morgan fingerprint density at radius 2 is 1.42 bits per heavy atom. The highest BCUT2D eigenvalue weighted by Crippen LogP contribution is 2.45. The van der Waals surface area contributed by atoms with E-state index in [1.54, 1.807) is 6.08 Å². The van der Waals surface area contributed by atoms with Gasteiger partial charge in [0, 0.05) is 11.6 Å². The molecule has 1 aromatic rings. The Morgan fingerprint density at radius 3 is 2.06 bits per heavy atom. The summed E-state index contributed by atoms with van der Waals surface area (Å²) in [6.45, 7) is 29.1. The summed E-state index contributed by atoms with van der Waals surface area (Å²) < 4.78 is 12.9. The minimum absolute atomic E-state index is 0.156. The van der Waals surface area contributed by atoms with Gasteiger partial charge in [0.05, 0.1) is 0 Å². The lowest BCUT2D eigenvalue weighted by Gasteiger charge is -2.38. The van der Waals surface area contributed by atoms with Gasteiger partial charge in [0.25, 0.3) is 0 Å². The average molecular weight is 713 g/mol. The van der Waals surface area contributed by atoms with E-state index >= 15 is 0 Å². The van der Waals surface area contributed by atoms with E-state index in [-0.39, 0.29) is 17.0 Å². The van der Waals surface area contributed by atoms with Crippen LogP contribution < -0.4 is 9.47 Å². The molecule has 0 saturated heterocycles. The van der Waals surface area contributed by atoms with E-state index in [0.717, 1.165) is 65.0 Å². The van der Waals surface area contributed by atoms with Crippen molar-refractivity contribution in [1.29, 1.82) is 0 Å². The molecule has 3 rings (SSSR count). The maximum atomic E-state index is 13.1. The van der Waals surface area contributed by atoms with Gasteiger partial charge in [-0.2, -0.15) is 0 Å². The Morgan fingerprint density at radius 1 is 0.788 bits per heavy atom. The molecular formula is C49H76O3. The number of esters is 1. The van der Waals surface area contributed by atoms with Crippen LogP contribution in [0.15, 0.2) is 58.7 Å². The predicted molar refractivity (Wildman–Crippen MR) is 224 cm³/mol. The molecule has 0 bridgehead atoms. The maximum absolute atomic E-state index is 13.1. The van der Waals surface area contributed by atoms with Crippen molar-refractivity contribution >= 4 is 5.97 Å². The number of carbonyl (C=O) groups excluding carboxylic acids is 1. The second kappa shape index (κ2) is 20.0. The zero-order valence-corrected chi connectivity index (χ0v) is 35.8. The fourth-order valence-electron chi connectivity index (χ4n) is 8.41. The summed E-state index contributed by atoms with van der Waals surface area (Å²) in [5, 5.41) is 0. The van der Waals surface area contributed by atoms with E-state index in [9.17, 15) is 4.79 Å². The second-order valence-corrected chi connectivity index (χ2v) is 18.3. The Hall–Kier alpha value is -2.81. The van der Waals surface area contributed by atoms with E-state index < -0.39 is 0 Å². The third-order valence-electron chi connectivity index (χ3n) is 12.2. The predicted octanol–water partition coefficient (Wildman–Crippen LogP) is 14.6. The molecule has 3 unspecified atom stereocenters. The number of benzene rings is 1. The smallest absolute Gasteiger partial charge is 0.336 e. The molecule has 2 aliphatic rings. The molecule has 0 spiro atoms. The molecule has 0 fully saturated rings. The standard InChI is InChI=1S/C49H76O3/c1-34(2)19-14-20-35(3)21-15-22-36(4)25-17-31-49(13)32-29-43-42(10)46(40(8)41(9)47(43)52-49)51-45(50)33-38(6)24-16-23-37(5)27-28-44-39(7)26-18-30-48(44,11)12/h16,23-24,27-28,33-36H,14-15,17-22,25-26,29-32H2,1-13H3/b24-16+,28-27+,37-23+,38-33+. The Balaban J connectivity index is 1.54. The lowest BCUT2D eigenvalue weighted by atomic mass is 9.72. The van der Waals surface area contributed by atoms with E-state index in [1.807, 2.05) is 19.1 Å². The normalized spacial score (nSPS) is 20.8. The van der Waals surface area contributed by atoms with Crippen molar-refractivity contribution in [2.24, 2.45) is 23.2 Å². The minimum atomic E-state index is -0.341. The highest BCUT2D eigenvalue weighted by atomic mass is 16.5. The number of fused-ring (bicyclic) bond motifs is 1. The molecule has 1 aliphatic heterocycles. The Bertz CT molecular complexity index is 1510. The third kappa shape index (κ3) is 13.2. The van der Waals surface area contributed by atoms with Gasteiger partial charge in [-0.3, -0.25) is 0 Å². The molecule has 1 aromatic carbocycles. The van der Waals surface area contributed by atoms with E-state index in [1.165, 1.54) is 92.9 Å². The van der Waals surface area contributed by atoms with Crippen molar-refractivity contribution in [1.82, 2.24) is 0 Å². The van der Waals surface area contributed by atoms with Crippen molar-refractivity contribution in [3.05, 3.63) is 81.0 Å². The van der Waals surface area contributed by atoms with Crippen LogP contribution >= 0.6 is 0 Å². The summed E-state index contributed by atoms with van der Waals surface area (Å²) in [6, 6.07) is 0. The fraction of sp³-hybridized carbons (Fsp3) is 0.653. The second-order valence-electron chi connectivity index (χ2n) is 18.3. The highest BCUT2D eigenvalue weighted by Gasteiger charge is 2.35. The SMILES string of the molecule is CC1=C(/C=C/C(C)=C/C=C/C(C)=C/C(=O)Oc2c(C)c(C)c3c(c2C)CCC(C)(CCCC(C)CCCC(C)CCCC(C)C)O3)C(C)(C)CCC1. The average Bonchev–Trinajstić information content (AvgIpc) is 3.05. The van der Waals surface area contributed by atoms with Crippen molar-refractivity contribution in [3.8, 4) is 11.5 Å². The van der Waals surface area contributed by atoms with Crippen LogP contribution in [0.1, 0.15) is 175 Å². The van der Waals surface area contributed by atoms with Crippen LogP contribution in [0.2, 0.25) is 0 Å². The Kier molecular flexibility index (Phi) is 16.8. The molecule has 0 saturated carbocycles. The topological polar surface area (TPSA) is 35.5 Å². The first-order valence-electron chi connectivity index (χ1n) is 20.9. The van der Waals surface area contributed by atoms with Crippen LogP contribution in [0.25, 0.3) is 0 Å². The summed E-state index contributed by atoms with van der Waals surface area (Å²) >= 11 is 0. The highest BCUT2D eigenvalue weighted by molar-refractivity contribution is 5.86. The van der Waals surface area contributed by atoms with Gasteiger partial charge >= 0.3 is 5.97 Å². The fourth-order valence-corrected chi connectivity index (χ4v) is 8.41. The molecule has 3 atom stereocenters. The summed E-state index contributed by atoms with van der Waals surface area (Å²) in [5.41, 5.74) is 9.38. The molecule has 0 aromatic heterocycles. The Labute approximate surface area is 320 Å². The number of ether oxygens (including phenoxy) is 2. The number of allylic oxidation sites excluding steroid dienone is 9. The van der Waals surface area contributed by atoms with Gasteiger partial charge in [-0.15, -0.1) is 0 Å². The van der Waals surface area contributed by atoms with Crippen LogP contribution in [0.4, 0.5) is 0 Å². The monoisotopic (exact) mass is 713 g/mol. The van der Waals surface area contributed by atoms with Gasteiger partial charge < -0.3 is 9.47 Å². The number of hydrogen-bond donors (Lipinski definition) is 0. The van der Waals surface area contributed by atoms with Gasteiger partial charge in [-0.25, -0.2) is 4.79 Å². The van der Waals surface area contributed by atoms with Crippen LogP contribution in [0.3, 0.4) is 0 Å². The van der Waals surface area contributed by atoms with Crippen LogP contribution in [0, 0.1) is 43.9 Å². The molecule has 1 heterocycles. The first-order valence-corrected chi connectivity index (χ1v) is 20.9. The largest absolute Gasteiger partial charge is 0.487 e. The number of hydrogen-bond acceptors (Lipinski definition) is 3.